The van der Waals surface area contributed by atoms with Gasteiger partial charge in [0.1, 0.15) is 5.60 Å². The molecule has 1 fully saturated rings. The van der Waals surface area contributed by atoms with Gasteiger partial charge in [-0.15, -0.1) is 0 Å². The molecule has 1 amide bonds. The van der Waals surface area contributed by atoms with Gasteiger partial charge in [0.05, 0.1) is 19.6 Å². The summed E-state index contributed by atoms with van der Waals surface area (Å²) in [6, 6.07) is -0.515. The van der Waals surface area contributed by atoms with Crippen molar-refractivity contribution >= 4 is 12.1 Å². The van der Waals surface area contributed by atoms with Crippen molar-refractivity contribution in [3.8, 4) is 0 Å². The van der Waals surface area contributed by atoms with Crippen LogP contribution >= 0.6 is 0 Å². The number of hydrogen-bond donors (Lipinski definition) is 1. The minimum absolute atomic E-state index is 0.108. The number of carbonyl (C=O) groups excluding carboxylic acids is 2. The van der Waals surface area contributed by atoms with Crippen molar-refractivity contribution in [3.63, 3.8) is 0 Å². The zero-order chi connectivity index (χ0) is 13.2. The number of rotatable bonds is 2. The third-order valence-electron chi connectivity index (χ3n) is 2.53. The minimum Gasteiger partial charge on any atom is -0.469 e. The van der Waals surface area contributed by atoms with Gasteiger partial charge in [0.15, 0.2) is 0 Å². The number of carbonyl (C=O) groups is 2. The number of methoxy groups -OCH3 is 1. The van der Waals surface area contributed by atoms with E-state index in [4.69, 9.17) is 10.5 Å². The molecule has 0 radical (unpaired) electrons. The van der Waals surface area contributed by atoms with Crippen LogP contribution in [-0.2, 0) is 14.3 Å². The molecule has 0 spiro atoms. The highest BCUT2D eigenvalue weighted by molar-refractivity contribution is 5.74. The van der Waals surface area contributed by atoms with Gasteiger partial charge in [-0.05, 0) is 20.8 Å². The fourth-order valence-electron chi connectivity index (χ4n) is 1.62. The molecule has 0 aliphatic carbocycles. The molecule has 0 aromatic carbocycles. The van der Waals surface area contributed by atoms with E-state index in [0.29, 0.717) is 6.54 Å². The van der Waals surface area contributed by atoms with Crippen LogP contribution in [0, 0.1) is 0 Å². The summed E-state index contributed by atoms with van der Waals surface area (Å²) in [7, 11) is 1.31. The molecule has 0 saturated carbocycles. The fraction of sp³-hybridized carbons (Fsp3) is 0.818. The first-order valence-corrected chi connectivity index (χ1v) is 5.56. The van der Waals surface area contributed by atoms with Gasteiger partial charge in [-0.3, -0.25) is 4.79 Å². The standard InChI is InChI=1S/C11H20N2O4/c1-11(2,3)17-10(15)13-6-7(12)8(13)5-9(14)16-4/h7-8H,5-6,12H2,1-4H3. The third kappa shape index (κ3) is 3.59. The van der Waals surface area contributed by atoms with Crippen molar-refractivity contribution in [1.82, 2.24) is 4.90 Å². The second kappa shape index (κ2) is 4.91. The Kier molecular flexibility index (Phi) is 3.98. The highest BCUT2D eigenvalue weighted by Crippen LogP contribution is 2.23. The molecule has 1 rings (SSSR count). The Labute approximate surface area is 101 Å². The summed E-state index contributed by atoms with van der Waals surface area (Å²) in [6.07, 6.45) is -0.329. The first-order chi connectivity index (χ1) is 7.74. The molecule has 2 unspecified atom stereocenters. The predicted molar refractivity (Wildman–Crippen MR) is 61.3 cm³/mol. The lowest BCUT2D eigenvalue weighted by Crippen LogP contribution is -2.67. The molecule has 6 heteroatoms. The maximum Gasteiger partial charge on any atom is 0.410 e. The van der Waals surface area contributed by atoms with Gasteiger partial charge < -0.3 is 20.1 Å². The number of nitrogens with zero attached hydrogens (tertiary/aromatic N) is 1. The number of likely N-dealkylation sites (tertiary alicyclic amines) is 1. The van der Waals surface area contributed by atoms with Crippen LogP contribution in [0.15, 0.2) is 0 Å². The van der Waals surface area contributed by atoms with Crippen LogP contribution in [-0.4, -0.2) is 48.3 Å². The van der Waals surface area contributed by atoms with E-state index in [0.717, 1.165) is 0 Å². The van der Waals surface area contributed by atoms with E-state index in [-0.39, 0.29) is 24.5 Å². The molecule has 0 bridgehead atoms. The monoisotopic (exact) mass is 244 g/mol. The molecule has 17 heavy (non-hydrogen) atoms. The zero-order valence-electron chi connectivity index (χ0n) is 10.7. The van der Waals surface area contributed by atoms with Crippen molar-refractivity contribution in [2.45, 2.75) is 44.9 Å². The molecule has 1 aliphatic rings. The van der Waals surface area contributed by atoms with Crippen LogP contribution < -0.4 is 5.73 Å². The Morgan fingerprint density at radius 3 is 2.41 bits per heavy atom. The first kappa shape index (κ1) is 13.8. The summed E-state index contributed by atoms with van der Waals surface area (Å²) in [5, 5.41) is 0. The van der Waals surface area contributed by atoms with Crippen LogP contribution in [0.3, 0.4) is 0 Å². The van der Waals surface area contributed by atoms with E-state index in [1.807, 2.05) is 0 Å². The number of ether oxygens (including phenoxy) is 2. The second-order valence-corrected chi connectivity index (χ2v) is 5.14. The summed E-state index contributed by atoms with van der Waals surface area (Å²) in [6.45, 7) is 5.79. The lowest BCUT2D eigenvalue weighted by molar-refractivity contribution is -0.143. The van der Waals surface area contributed by atoms with Gasteiger partial charge in [0, 0.05) is 12.6 Å². The van der Waals surface area contributed by atoms with Crippen molar-refractivity contribution in [1.29, 1.82) is 0 Å². The fourth-order valence-corrected chi connectivity index (χ4v) is 1.62. The number of nitrogens with two attached hydrogens (primary N) is 1. The molecule has 1 aliphatic heterocycles. The normalized spacial score (nSPS) is 23.9. The average molecular weight is 244 g/mol. The summed E-state index contributed by atoms with van der Waals surface area (Å²) >= 11 is 0. The van der Waals surface area contributed by atoms with Gasteiger partial charge in [-0.2, -0.15) is 0 Å². The molecular weight excluding hydrogens is 224 g/mol. The molecule has 1 saturated heterocycles. The smallest absolute Gasteiger partial charge is 0.410 e. The van der Waals surface area contributed by atoms with Gasteiger partial charge in [-0.1, -0.05) is 0 Å². The number of hydrogen-bond acceptors (Lipinski definition) is 5. The largest absolute Gasteiger partial charge is 0.469 e. The Morgan fingerprint density at radius 1 is 1.41 bits per heavy atom. The van der Waals surface area contributed by atoms with Crippen LogP contribution in [0.25, 0.3) is 0 Å². The Hall–Kier alpha value is -1.30. The molecule has 98 valence electrons. The van der Waals surface area contributed by atoms with Gasteiger partial charge in [-0.25, -0.2) is 4.79 Å². The molecular formula is C11H20N2O4. The molecule has 1 heterocycles. The highest BCUT2D eigenvalue weighted by atomic mass is 16.6. The van der Waals surface area contributed by atoms with Crippen molar-refractivity contribution in [2.24, 2.45) is 5.73 Å². The quantitative estimate of drug-likeness (QED) is 0.715. The number of amides is 1. The lowest BCUT2D eigenvalue weighted by Gasteiger charge is -2.45. The van der Waals surface area contributed by atoms with E-state index >= 15 is 0 Å². The van der Waals surface area contributed by atoms with Crippen molar-refractivity contribution in [2.75, 3.05) is 13.7 Å². The van der Waals surface area contributed by atoms with Crippen LogP contribution in [0.2, 0.25) is 0 Å². The summed E-state index contributed by atoms with van der Waals surface area (Å²) in [5.74, 6) is -0.376. The second-order valence-electron chi connectivity index (χ2n) is 5.14. The van der Waals surface area contributed by atoms with Crippen LogP contribution in [0.5, 0.6) is 0 Å². The van der Waals surface area contributed by atoms with Crippen LogP contribution in [0.1, 0.15) is 27.2 Å². The summed E-state index contributed by atoms with van der Waals surface area (Å²) in [4.78, 5) is 24.4. The van der Waals surface area contributed by atoms with E-state index in [9.17, 15) is 9.59 Å². The van der Waals surface area contributed by atoms with E-state index in [1.54, 1.807) is 20.8 Å². The maximum absolute atomic E-state index is 11.8. The Balaban J connectivity index is 2.54. The van der Waals surface area contributed by atoms with Gasteiger partial charge >= 0.3 is 12.1 Å². The average Bonchev–Trinajstić information content (AvgIpc) is 2.19. The van der Waals surface area contributed by atoms with Gasteiger partial charge in [0.25, 0.3) is 0 Å². The predicted octanol–water partition coefficient (Wildman–Crippen LogP) is 0.496. The topological polar surface area (TPSA) is 81.9 Å². The summed E-state index contributed by atoms with van der Waals surface area (Å²) in [5.41, 5.74) is 5.21. The lowest BCUT2D eigenvalue weighted by atomic mass is 9.95. The van der Waals surface area contributed by atoms with E-state index in [2.05, 4.69) is 4.74 Å². The Bertz CT molecular complexity index is 311. The molecule has 2 N–H and O–H groups in total. The van der Waals surface area contributed by atoms with Crippen LogP contribution in [0.4, 0.5) is 4.79 Å². The maximum atomic E-state index is 11.8. The molecule has 0 aromatic heterocycles. The van der Waals surface area contributed by atoms with Crippen molar-refractivity contribution in [3.05, 3.63) is 0 Å². The molecule has 0 aromatic rings. The molecule has 6 nitrogen and oxygen atoms in total. The van der Waals surface area contributed by atoms with E-state index < -0.39 is 11.7 Å². The van der Waals surface area contributed by atoms with E-state index in [1.165, 1.54) is 12.0 Å². The first-order valence-electron chi connectivity index (χ1n) is 5.56. The summed E-state index contributed by atoms with van der Waals surface area (Å²) < 4.78 is 9.78. The zero-order valence-corrected chi connectivity index (χ0v) is 10.7. The third-order valence-corrected chi connectivity index (χ3v) is 2.53. The van der Waals surface area contributed by atoms with Crippen molar-refractivity contribution < 1.29 is 19.1 Å². The SMILES string of the molecule is COC(=O)CC1C(N)CN1C(=O)OC(C)(C)C. The minimum atomic E-state index is -0.549. The highest BCUT2D eigenvalue weighted by Gasteiger charge is 2.42. The molecule has 2 atom stereocenters. The number of esters is 1. The Morgan fingerprint density at radius 2 is 2.00 bits per heavy atom. The van der Waals surface area contributed by atoms with Gasteiger partial charge in [0.2, 0.25) is 0 Å².